The second-order valence-electron chi connectivity index (χ2n) is 6.48. The molecule has 0 unspecified atom stereocenters. The minimum Gasteiger partial charge on any atom is -0.508 e. The zero-order chi connectivity index (χ0) is 17.5. The van der Waals surface area contributed by atoms with Crippen molar-refractivity contribution in [1.29, 1.82) is 0 Å². The Bertz CT molecular complexity index is 725. The van der Waals surface area contributed by atoms with Gasteiger partial charge in [-0.1, -0.05) is 72.8 Å². The largest absolute Gasteiger partial charge is 0.508 e. The highest BCUT2D eigenvalue weighted by Gasteiger charge is 2.33. The maximum absolute atomic E-state index is 9.60. The van der Waals surface area contributed by atoms with Crippen molar-refractivity contribution in [3.63, 3.8) is 0 Å². The summed E-state index contributed by atoms with van der Waals surface area (Å²) >= 11 is 0. The molecule has 0 heterocycles. The summed E-state index contributed by atoms with van der Waals surface area (Å²) in [6.07, 6.45) is 2.42. The molecule has 0 saturated heterocycles. The van der Waals surface area contributed by atoms with Gasteiger partial charge in [0.1, 0.15) is 5.75 Å². The zero-order valence-corrected chi connectivity index (χ0v) is 14.3. The quantitative estimate of drug-likeness (QED) is 0.659. The Morgan fingerprint density at radius 2 is 1.20 bits per heavy atom. The van der Waals surface area contributed by atoms with E-state index >= 15 is 0 Å². The molecule has 3 aromatic carbocycles. The van der Waals surface area contributed by atoms with Gasteiger partial charge in [-0.25, -0.2) is 0 Å². The third-order valence-electron chi connectivity index (χ3n) is 4.86. The molecule has 2 nitrogen and oxygen atoms in total. The van der Waals surface area contributed by atoms with Crippen molar-refractivity contribution >= 4 is 0 Å². The van der Waals surface area contributed by atoms with Crippen molar-refractivity contribution in [1.82, 2.24) is 0 Å². The number of phenols is 1. The smallest absolute Gasteiger partial charge is 0.115 e. The van der Waals surface area contributed by atoms with Crippen molar-refractivity contribution in [2.75, 3.05) is 6.61 Å². The van der Waals surface area contributed by atoms with E-state index in [1.807, 2.05) is 24.3 Å². The molecule has 0 saturated carbocycles. The number of hydrogen-bond acceptors (Lipinski definition) is 2. The molecule has 0 bridgehead atoms. The lowest BCUT2D eigenvalue weighted by Crippen LogP contribution is -2.31. The van der Waals surface area contributed by atoms with Gasteiger partial charge < -0.3 is 10.2 Å². The van der Waals surface area contributed by atoms with Gasteiger partial charge in [-0.3, -0.25) is 0 Å². The summed E-state index contributed by atoms with van der Waals surface area (Å²) in [4.78, 5) is 0. The Kier molecular flexibility index (Phi) is 5.52. The second-order valence-corrected chi connectivity index (χ2v) is 6.48. The van der Waals surface area contributed by atoms with Crippen LogP contribution in [0.15, 0.2) is 84.9 Å². The minimum absolute atomic E-state index is 0.178. The lowest BCUT2D eigenvalue weighted by atomic mass is 9.67. The summed E-state index contributed by atoms with van der Waals surface area (Å²) in [5, 5.41) is 19.1. The van der Waals surface area contributed by atoms with Crippen molar-refractivity contribution < 1.29 is 10.2 Å². The van der Waals surface area contributed by atoms with Gasteiger partial charge >= 0.3 is 0 Å². The minimum atomic E-state index is -0.206. The SMILES string of the molecule is OCCCC(Cc1ccc(O)cc1)(c1ccccc1)c1ccccc1. The highest BCUT2D eigenvalue weighted by molar-refractivity contribution is 5.42. The number of aliphatic hydroxyl groups is 1. The van der Waals surface area contributed by atoms with Crippen LogP contribution in [-0.4, -0.2) is 16.8 Å². The first kappa shape index (κ1) is 17.2. The zero-order valence-electron chi connectivity index (χ0n) is 14.3. The van der Waals surface area contributed by atoms with Gasteiger partial charge in [-0.15, -0.1) is 0 Å². The number of benzene rings is 3. The first-order valence-corrected chi connectivity index (χ1v) is 8.74. The highest BCUT2D eigenvalue weighted by atomic mass is 16.3. The van der Waals surface area contributed by atoms with Crippen LogP contribution >= 0.6 is 0 Å². The molecule has 3 rings (SSSR count). The summed E-state index contributed by atoms with van der Waals surface area (Å²) in [6, 6.07) is 28.5. The Hall–Kier alpha value is -2.58. The van der Waals surface area contributed by atoms with Crippen molar-refractivity contribution in [2.24, 2.45) is 0 Å². The fourth-order valence-corrected chi connectivity index (χ4v) is 3.61. The van der Waals surface area contributed by atoms with E-state index in [0.29, 0.717) is 0 Å². The highest BCUT2D eigenvalue weighted by Crippen LogP contribution is 2.40. The van der Waals surface area contributed by atoms with Crippen LogP contribution in [0.5, 0.6) is 5.75 Å². The Morgan fingerprint density at radius 3 is 1.68 bits per heavy atom. The molecular formula is C23H24O2. The van der Waals surface area contributed by atoms with Gasteiger partial charge in [0.15, 0.2) is 0 Å². The van der Waals surface area contributed by atoms with Gasteiger partial charge in [-0.2, -0.15) is 0 Å². The van der Waals surface area contributed by atoms with Crippen molar-refractivity contribution in [2.45, 2.75) is 24.7 Å². The van der Waals surface area contributed by atoms with E-state index in [0.717, 1.165) is 19.3 Å². The lowest BCUT2D eigenvalue weighted by molar-refractivity contribution is 0.268. The molecule has 0 aliphatic heterocycles. The average Bonchev–Trinajstić information content (AvgIpc) is 2.68. The Labute approximate surface area is 149 Å². The fourth-order valence-electron chi connectivity index (χ4n) is 3.61. The second kappa shape index (κ2) is 8.00. The summed E-state index contributed by atoms with van der Waals surface area (Å²) in [7, 11) is 0. The van der Waals surface area contributed by atoms with Gasteiger partial charge in [0.25, 0.3) is 0 Å². The standard InChI is InChI=1S/C23H24O2/c24-17-7-16-23(20-8-3-1-4-9-20,21-10-5-2-6-11-21)18-19-12-14-22(25)15-13-19/h1-6,8-15,24-25H,7,16-18H2. The topological polar surface area (TPSA) is 40.5 Å². The predicted octanol–water partition coefficient (Wildman–Crippen LogP) is 4.69. The molecule has 3 aromatic rings. The van der Waals surface area contributed by atoms with Crippen LogP contribution in [0.2, 0.25) is 0 Å². The Balaban J connectivity index is 2.11. The predicted molar refractivity (Wildman–Crippen MR) is 102 cm³/mol. The van der Waals surface area contributed by atoms with Crippen LogP contribution in [-0.2, 0) is 11.8 Å². The van der Waals surface area contributed by atoms with Crippen LogP contribution < -0.4 is 0 Å². The summed E-state index contributed by atoms with van der Waals surface area (Å²) in [6.45, 7) is 0.178. The number of aromatic hydroxyl groups is 1. The molecule has 0 amide bonds. The van der Waals surface area contributed by atoms with Gasteiger partial charge in [-0.05, 0) is 48.1 Å². The van der Waals surface area contributed by atoms with E-state index in [9.17, 15) is 10.2 Å². The molecular weight excluding hydrogens is 308 g/mol. The van der Waals surface area contributed by atoms with Crippen LogP contribution in [0.3, 0.4) is 0 Å². The van der Waals surface area contributed by atoms with Crippen LogP contribution in [0.4, 0.5) is 0 Å². The monoisotopic (exact) mass is 332 g/mol. The molecule has 0 aliphatic rings. The van der Waals surface area contributed by atoms with Crippen LogP contribution in [0, 0.1) is 0 Å². The number of phenolic OH excluding ortho intramolecular Hbond substituents is 1. The maximum atomic E-state index is 9.60. The maximum Gasteiger partial charge on any atom is 0.115 e. The molecule has 0 fully saturated rings. The molecule has 0 spiro atoms. The molecule has 0 atom stereocenters. The molecule has 128 valence electrons. The van der Waals surface area contributed by atoms with E-state index in [1.54, 1.807) is 12.1 Å². The van der Waals surface area contributed by atoms with E-state index in [1.165, 1.54) is 16.7 Å². The fraction of sp³-hybridized carbons (Fsp3) is 0.217. The van der Waals surface area contributed by atoms with Gasteiger partial charge in [0.05, 0.1) is 0 Å². The summed E-state index contributed by atoms with van der Waals surface area (Å²) in [5.74, 6) is 0.282. The van der Waals surface area contributed by atoms with Gasteiger partial charge in [0, 0.05) is 12.0 Å². The van der Waals surface area contributed by atoms with E-state index in [4.69, 9.17) is 0 Å². The van der Waals surface area contributed by atoms with E-state index in [2.05, 4.69) is 48.5 Å². The summed E-state index contributed by atoms with van der Waals surface area (Å²) < 4.78 is 0. The average molecular weight is 332 g/mol. The third-order valence-corrected chi connectivity index (χ3v) is 4.86. The number of rotatable bonds is 7. The molecule has 2 heteroatoms. The van der Waals surface area contributed by atoms with Crippen molar-refractivity contribution in [3.8, 4) is 5.75 Å². The first-order valence-electron chi connectivity index (χ1n) is 8.74. The molecule has 2 N–H and O–H groups in total. The third kappa shape index (κ3) is 3.92. The van der Waals surface area contributed by atoms with Crippen LogP contribution in [0.1, 0.15) is 29.5 Å². The summed E-state index contributed by atoms with van der Waals surface area (Å²) in [5.41, 5.74) is 3.47. The molecule has 25 heavy (non-hydrogen) atoms. The Morgan fingerprint density at radius 1 is 0.680 bits per heavy atom. The lowest BCUT2D eigenvalue weighted by Gasteiger charge is -2.36. The number of aliphatic hydroxyl groups excluding tert-OH is 1. The van der Waals surface area contributed by atoms with Gasteiger partial charge in [0.2, 0.25) is 0 Å². The molecule has 0 aliphatic carbocycles. The number of hydrogen-bond donors (Lipinski definition) is 2. The first-order chi connectivity index (χ1) is 12.2. The van der Waals surface area contributed by atoms with E-state index < -0.39 is 0 Å². The van der Waals surface area contributed by atoms with Crippen LogP contribution in [0.25, 0.3) is 0 Å². The molecule has 0 radical (unpaired) electrons. The van der Waals surface area contributed by atoms with Crippen molar-refractivity contribution in [3.05, 3.63) is 102 Å². The normalized spacial score (nSPS) is 11.4. The van der Waals surface area contributed by atoms with E-state index in [-0.39, 0.29) is 17.8 Å². The molecule has 0 aromatic heterocycles.